The van der Waals surface area contributed by atoms with Crippen LogP contribution in [0.5, 0.6) is 0 Å². The van der Waals surface area contributed by atoms with E-state index in [0.717, 1.165) is 0 Å². The van der Waals surface area contributed by atoms with E-state index >= 15 is 0 Å². The third kappa shape index (κ3) is 3.97. The maximum Gasteiger partial charge on any atom is 0.336 e. The van der Waals surface area contributed by atoms with Crippen LogP contribution in [0.3, 0.4) is 0 Å². The molecule has 0 fully saturated rings. The average Bonchev–Trinajstić information content (AvgIpc) is 2.38. The molecule has 0 aliphatic rings. The van der Waals surface area contributed by atoms with Gasteiger partial charge in [0, 0.05) is 13.7 Å². The Morgan fingerprint density at radius 2 is 1.85 bits per heavy atom. The Balaban J connectivity index is 2.92. The quantitative estimate of drug-likeness (QED) is 0.704. The van der Waals surface area contributed by atoms with Crippen LogP contribution in [0.4, 0.5) is 8.78 Å². The fourth-order valence-electron chi connectivity index (χ4n) is 1.47. The Bertz CT molecular complexity index is 521. The number of carbonyl (C=O) groups is 2. The molecule has 1 rings (SSSR count). The van der Waals surface area contributed by atoms with Gasteiger partial charge in [0.15, 0.2) is 11.6 Å². The number of aliphatic hydroxyl groups is 1. The maximum atomic E-state index is 13.1. The summed E-state index contributed by atoms with van der Waals surface area (Å²) in [5, 5.41) is 20.4. The highest BCUT2D eigenvalue weighted by Crippen LogP contribution is 2.15. The van der Waals surface area contributed by atoms with Gasteiger partial charge in [-0.1, -0.05) is 0 Å². The van der Waals surface area contributed by atoms with Gasteiger partial charge in [0.25, 0.3) is 5.91 Å². The van der Waals surface area contributed by atoms with Crippen LogP contribution >= 0.6 is 0 Å². The molecule has 1 unspecified atom stereocenters. The highest BCUT2D eigenvalue weighted by Gasteiger charge is 2.20. The van der Waals surface area contributed by atoms with Gasteiger partial charge in [-0.3, -0.25) is 4.79 Å². The van der Waals surface area contributed by atoms with Crippen molar-refractivity contribution < 1.29 is 33.3 Å². The fourth-order valence-corrected chi connectivity index (χ4v) is 1.47. The first kappa shape index (κ1) is 16.0. The first-order chi connectivity index (χ1) is 9.36. The number of carbonyl (C=O) groups excluding carboxylic acids is 1. The minimum absolute atomic E-state index is 0.0379. The third-order valence-corrected chi connectivity index (χ3v) is 2.39. The van der Waals surface area contributed by atoms with E-state index in [9.17, 15) is 23.5 Å². The summed E-state index contributed by atoms with van der Waals surface area (Å²) in [5.74, 6) is -5.20. The Morgan fingerprint density at radius 1 is 1.30 bits per heavy atom. The molecule has 6 nitrogen and oxygen atoms in total. The van der Waals surface area contributed by atoms with E-state index in [1.807, 2.05) is 0 Å². The zero-order valence-electron chi connectivity index (χ0n) is 10.5. The molecule has 8 heteroatoms. The minimum atomic E-state index is -1.56. The molecule has 0 spiro atoms. The predicted molar refractivity (Wildman–Crippen MR) is 63.5 cm³/mol. The van der Waals surface area contributed by atoms with Crippen molar-refractivity contribution in [2.45, 2.75) is 6.10 Å². The second kappa shape index (κ2) is 6.92. The van der Waals surface area contributed by atoms with Crippen LogP contribution in [0.1, 0.15) is 20.7 Å². The lowest BCUT2D eigenvalue weighted by molar-refractivity contribution is 0.0606. The summed E-state index contributed by atoms with van der Waals surface area (Å²) in [6.07, 6.45) is -0.998. The normalized spacial score (nSPS) is 12.0. The van der Waals surface area contributed by atoms with Crippen LogP contribution < -0.4 is 5.32 Å². The molecule has 110 valence electrons. The van der Waals surface area contributed by atoms with Crippen LogP contribution in [-0.4, -0.2) is 48.5 Å². The number of amides is 1. The lowest BCUT2D eigenvalue weighted by atomic mass is 10.1. The Labute approximate surface area is 113 Å². The standard InChI is InChI=1S/C12H13F2NO5/c1-20-5-6(16)4-15-11(17)7-2-9(13)10(14)3-8(7)12(18)19/h2-3,6,16H,4-5H2,1H3,(H,15,17)(H,18,19). The number of carboxylic acids is 1. The highest BCUT2D eigenvalue weighted by molar-refractivity contribution is 6.04. The second-order valence-corrected chi connectivity index (χ2v) is 3.94. The number of benzene rings is 1. The van der Waals surface area contributed by atoms with Gasteiger partial charge in [0.2, 0.25) is 0 Å². The number of hydrogen-bond acceptors (Lipinski definition) is 4. The molecule has 1 aromatic carbocycles. The topological polar surface area (TPSA) is 95.9 Å². The van der Waals surface area contributed by atoms with Gasteiger partial charge in [-0.2, -0.15) is 0 Å². The summed E-state index contributed by atoms with van der Waals surface area (Å²) < 4.78 is 30.7. The van der Waals surface area contributed by atoms with Crippen molar-refractivity contribution in [3.05, 3.63) is 34.9 Å². The third-order valence-electron chi connectivity index (χ3n) is 2.39. The first-order valence-corrected chi connectivity index (χ1v) is 5.54. The summed E-state index contributed by atoms with van der Waals surface area (Å²) in [6, 6.07) is 0.926. The number of aromatic carboxylic acids is 1. The van der Waals surface area contributed by atoms with E-state index in [4.69, 9.17) is 5.11 Å². The van der Waals surface area contributed by atoms with Gasteiger partial charge in [0.1, 0.15) is 0 Å². The van der Waals surface area contributed by atoms with Gasteiger partial charge in [-0.25, -0.2) is 13.6 Å². The second-order valence-electron chi connectivity index (χ2n) is 3.94. The Hall–Kier alpha value is -2.06. The zero-order valence-corrected chi connectivity index (χ0v) is 10.5. The molecule has 0 aliphatic heterocycles. The molecule has 20 heavy (non-hydrogen) atoms. The molecule has 1 atom stereocenters. The van der Waals surface area contributed by atoms with Crippen LogP contribution in [0.15, 0.2) is 12.1 Å². The first-order valence-electron chi connectivity index (χ1n) is 5.54. The van der Waals surface area contributed by atoms with Crippen molar-refractivity contribution >= 4 is 11.9 Å². The van der Waals surface area contributed by atoms with E-state index in [0.29, 0.717) is 12.1 Å². The molecule has 3 N–H and O–H groups in total. The van der Waals surface area contributed by atoms with Gasteiger partial charge in [-0.05, 0) is 12.1 Å². The van der Waals surface area contributed by atoms with Crippen molar-refractivity contribution in [2.24, 2.45) is 0 Å². The number of hydrogen-bond donors (Lipinski definition) is 3. The largest absolute Gasteiger partial charge is 0.478 e. The van der Waals surface area contributed by atoms with Crippen LogP contribution in [0.2, 0.25) is 0 Å². The average molecular weight is 289 g/mol. The van der Waals surface area contributed by atoms with Gasteiger partial charge < -0.3 is 20.3 Å². The van der Waals surface area contributed by atoms with E-state index < -0.39 is 40.7 Å². The van der Waals surface area contributed by atoms with Crippen LogP contribution in [0, 0.1) is 11.6 Å². The lowest BCUT2D eigenvalue weighted by Gasteiger charge is -2.12. The molecule has 0 saturated carbocycles. The fraction of sp³-hybridized carbons (Fsp3) is 0.333. The molecule has 0 heterocycles. The molecule has 1 amide bonds. The number of ether oxygens (including phenoxy) is 1. The lowest BCUT2D eigenvalue weighted by Crippen LogP contribution is -2.35. The molecule has 0 aliphatic carbocycles. The van der Waals surface area contributed by atoms with E-state index in [1.54, 1.807) is 0 Å². The summed E-state index contributed by atoms with van der Waals surface area (Å²) >= 11 is 0. The summed E-state index contributed by atoms with van der Waals surface area (Å²) in [7, 11) is 1.35. The smallest absolute Gasteiger partial charge is 0.336 e. The molecule has 0 radical (unpaired) electrons. The van der Waals surface area contributed by atoms with Crippen molar-refractivity contribution in [2.75, 3.05) is 20.3 Å². The van der Waals surface area contributed by atoms with Crippen molar-refractivity contribution in [1.29, 1.82) is 0 Å². The molecule has 0 bridgehead atoms. The zero-order chi connectivity index (χ0) is 15.3. The molecular weight excluding hydrogens is 276 g/mol. The van der Waals surface area contributed by atoms with Crippen molar-refractivity contribution in [3.8, 4) is 0 Å². The monoisotopic (exact) mass is 289 g/mol. The summed E-state index contributed by atoms with van der Waals surface area (Å²) in [5.41, 5.74) is -1.19. The van der Waals surface area contributed by atoms with E-state index in [2.05, 4.69) is 10.1 Å². The van der Waals surface area contributed by atoms with Gasteiger partial charge >= 0.3 is 5.97 Å². The van der Waals surface area contributed by atoms with E-state index in [1.165, 1.54) is 7.11 Å². The Morgan fingerprint density at radius 3 is 2.35 bits per heavy atom. The number of rotatable bonds is 6. The van der Waals surface area contributed by atoms with Crippen molar-refractivity contribution in [1.82, 2.24) is 5.32 Å². The molecule has 0 saturated heterocycles. The number of carboxylic acid groups (broad SMARTS) is 1. The minimum Gasteiger partial charge on any atom is -0.478 e. The molecule has 0 aromatic heterocycles. The number of halogens is 2. The SMILES string of the molecule is COCC(O)CNC(=O)c1cc(F)c(F)cc1C(=O)O. The highest BCUT2D eigenvalue weighted by atomic mass is 19.2. The molecule has 1 aromatic rings. The Kier molecular flexibility index (Phi) is 5.53. The number of methoxy groups -OCH3 is 1. The summed E-state index contributed by atoms with van der Waals surface area (Å²) in [4.78, 5) is 22.6. The van der Waals surface area contributed by atoms with Crippen molar-refractivity contribution in [3.63, 3.8) is 0 Å². The molecular formula is C12H13F2NO5. The summed E-state index contributed by atoms with van der Waals surface area (Å²) in [6.45, 7) is -0.255. The van der Waals surface area contributed by atoms with Crippen LogP contribution in [0.25, 0.3) is 0 Å². The van der Waals surface area contributed by atoms with Crippen LogP contribution in [-0.2, 0) is 4.74 Å². The number of aliphatic hydroxyl groups excluding tert-OH is 1. The van der Waals surface area contributed by atoms with E-state index in [-0.39, 0.29) is 13.2 Å². The van der Waals surface area contributed by atoms with Gasteiger partial charge in [-0.15, -0.1) is 0 Å². The van der Waals surface area contributed by atoms with Gasteiger partial charge in [0.05, 0.1) is 23.8 Å². The predicted octanol–water partition coefficient (Wildman–Crippen LogP) is 0.400. The number of nitrogens with one attached hydrogen (secondary N) is 1. The maximum absolute atomic E-state index is 13.1.